The number of aromatic nitrogens is 2. The van der Waals surface area contributed by atoms with E-state index in [0.29, 0.717) is 22.9 Å². The van der Waals surface area contributed by atoms with Gasteiger partial charge in [0.05, 0.1) is 12.2 Å². The van der Waals surface area contributed by atoms with E-state index in [2.05, 4.69) is 26.1 Å². The molecule has 2 heterocycles. The maximum absolute atomic E-state index is 13.8. The molecule has 172 valence electrons. The highest BCUT2D eigenvalue weighted by Gasteiger charge is 2.49. The van der Waals surface area contributed by atoms with Gasteiger partial charge in [0.1, 0.15) is 11.2 Å². The van der Waals surface area contributed by atoms with Crippen molar-refractivity contribution in [1.82, 2.24) is 15.1 Å². The van der Waals surface area contributed by atoms with Crippen LogP contribution in [0.5, 0.6) is 0 Å². The second-order valence-corrected chi connectivity index (χ2v) is 10.3. The highest BCUT2D eigenvalue weighted by atomic mass is 35.5. The summed E-state index contributed by atoms with van der Waals surface area (Å²) in [6, 6.07) is 16.9. The lowest BCUT2D eigenvalue weighted by molar-refractivity contribution is -0.126. The molecule has 1 aliphatic heterocycles. The Labute approximate surface area is 199 Å². The molecule has 0 bridgehead atoms. The van der Waals surface area contributed by atoms with Crippen molar-refractivity contribution in [3.8, 4) is 0 Å². The second-order valence-electron chi connectivity index (χ2n) is 9.84. The first-order chi connectivity index (χ1) is 15.5. The number of nitrogens with one attached hydrogen (secondary N) is 1. The standard InChI is InChI=1S/C26H29ClN4O2/c1-17-13-19(27)11-12-20(17)31-23(32)21-14-22(25(2,3)4)29-30(21)16-26(31,5)24(33)28-15-18-9-7-6-8-10-18/h6-14H,15-16H2,1-5H3,(H,28,33)/t26-/m0/s1. The van der Waals surface area contributed by atoms with Gasteiger partial charge in [-0.2, -0.15) is 5.10 Å². The zero-order valence-electron chi connectivity index (χ0n) is 19.6. The van der Waals surface area contributed by atoms with Crippen molar-refractivity contribution >= 4 is 29.1 Å². The number of nitrogens with zero attached hydrogens (tertiary/aromatic N) is 3. The molecule has 7 heteroatoms. The Kier molecular flexibility index (Phi) is 5.83. The summed E-state index contributed by atoms with van der Waals surface area (Å²) in [7, 11) is 0. The Bertz CT molecular complexity index is 1210. The third kappa shape index (κ3) is 4.27. The van der Waals surface area contributed by atoms with Crippen molar-refractivity contribution in [3.63, 3.8) is 0 Å². The van der Waals surface area contributed by atoms with Gasteiger partial charge in [-0.25, -0.2) is 0 Å². The molecular formula is C26H29ClN4O2. The number of rotatable bonds is 4. The third-order valence-corrected chi connectivity index (χ3v) is 6.34. The molecule has 33 heavy (non-hydrogen) atoms. The second kappa shape index (κ2) is 8.34. The Hall–Kier alpha value is -3.12. The quantitative estimate of drug-likeness (QED) is 0.598. The zero-order valence-corrected chi connectivity index (χ0v) is 20.4. The van der Waals surface area contributed by atoms with Gasteiger partial charge < -0.3 is 5.32 Å². The highest BCUT2D eigenvalue weighted by molar-refractivity contribution is 6.30. The number of aryl methyl sites for hydroxylation is 1. The van der Waals surface area contributed by atoms with Crippen LogP contribution in [0.3, 0.4) is 0 Å². The molecule has 2 aromatic carbocycles. The molecule has 1 atom stereocenters. The third-order valence-electron chi connectivity index (χ3n) is 6.11. The van der Waals surface area contributed by atoms with Crippen molar-refractivity contribution in [1.29, 1.82) is 0 Å². The molecular weight excluding hydrogens is 436 g/mol. The number of amides is 2. The fourth-order valence-corrected chi connectivity index (χ4v) is 4.39. The Morgan fingerprint density at radius 1 is 1.15 bits per heavy atom. The maximum atomic E-state index is 13.8. The summed E-state index contributed by atoms with van der Waals surface area (Å²) in [6.45, 7) is 10.5. The van der Waals surface area contributed by atoms with Crippen molar-refractivity contribution in [2.75, 3.05) is 4.90 Å². The van der Waals surface area contributed by atoms with Gasteiger partial charge >= 0.3 is 0 Å². The Balaban J connectivity index is 1.78. The smallest absolute Gasteiger partial charge is 0.277 e. The number of hydrogen-bond acceptors (Lipinski definition) is 3. The molecule has 1 aromatic heterocycles. The fraction of sp³-hybridized carbons (Fsp3) is 0.346. The number of fused-ring (bicyclic) bond motifs is 1. The molecule has 0 saturated carbocycles. The lowest BCUT2D eigenvalue weighted by atomic mass is 9.91. The molecule has 0 fully saturated rings. The maximum Gasteiger partial charge on any atom is 0.277 e. The molecule has 6 nitrogen and oxygen atoms in total. The monoisotopic (exact) mass is 464 g/mol. The molecule has 4 rings (SSSR count). The van der Waals surface area contributed by atoms with Crippen molar-refractivity contribution in [3.05, 3.63) is 82.1 Å². The number of anilines is 1. The van der Waals surface area contributed by atoms with Gasteiger partial charge in [0.2, 0.25) is 5.91 Å². The Morgan fingerprint density at radius 3 is 2.48 bits per heavy atom. The molecule has 1 N–H and O–H groups in total. The van der Waals surface area contributed by atoms with Gasteiger partial charge in [-0.15, -0.1) is 0 Å². The van der Waals surface area contributed by atoms with Crippen LogP contribution in [-0.4, -0.2) is 27.1 Å². The number of hydrogen-bond donors (Lipinski definition) is 1. The van der Waals surface area contributed by atoms with Crippen LogP contribution in [0.1, 0.15) is 55.0 Å². The average Bonchev–Trinajstić information content (AvgIpc) is 3.19. The summed E-state index contributed by atoms with van der Waals surface area (Å²) in [5, 5.41) is 8.31. The number of halogens is 1. The molecule has 0 unspecified atom stereocenters. The molecule has 0 aliphatic carbocycles. The van der Waals surface area contributed by atoms with Gasteiger partial charge in [-0.05, 0) is 49.2 Å². The van der Waals surface area contributed by atoms with E-state index >= 15 is 0 Å². The predicted molar refractivity (Wildman–Crippen MR) is 131 cm³/mol. The highest BCUT2D eigenvalue weighted by Crippen LogP contribution is 2.36. The van der Waals surface area contributed by atoms with E-state index in [1.165, 1.54) is 0 Å². The van der Waals surface area contributed by atoms with E-state index in [1.54, 1.807) is 34.7 Å². The predicted octanol–water partition coefficient (Wildman–Crippen LogP) is 4.88. The minimum absolute atomic E-state index is 0.225. The van der Waals surface area contributed by atoms with E-state index in [4.69, 9.17) is 16.7 Å². The van der Waals surface area contributed by atoms with Crippen LogP contribution in [0.4, 0.5) is 5.69 Å². The topological polar surface area (TPSA) is 67.2 Å². The van der Waals surface area contributed by atoms with Gasteiger partial charge in [0.15, 0.2) is 0 Å². The average molecular weight is 465 g/mol. The zero-order chi connectivity index (χ0) is 24.0. The molecule has 0 saturated heterocycles. The minimum atomic E-state index is -1.18. The molecule has 0 spiro atoms. The van der Waals surface area contributed by atoms with Crippen LogP contribution >= 0.6 is 11.6 Å². The van der Waals surface area contributed by atoms with Gasteiger partial charge in [0, 0.05) is 22.7 Å². The first-order valence-electron chi connectivity index (χ1n) is 11.0. The van der Waals surface area contributed by atoms with Crippen molar-refractivity contribution in [2.24, 2.45) is 0 Å². The number of carbonyl (C=O) groups excluding carboxylic acids is 2. The Morgan fingerprint density at radius 2 is 1.85 bits per heavy atom. The molecule has 0 radical (unpaired) electrons. The van der Waals surface area contributed by atoms with Crippen LogP contribution in [0.25, 0.3) is 0 Å². The summed E-state index contributed by atoms with van der Waals surface area (Å²) >= 11 is 6.18. The van der Waals surface area contributed by atoms with E-state index in [0.717, 1.165) is 16.8 Å². The summed E-state index contributed by atoms with van der Waals surface area (Å²) in [5.74, 6) is -0.500. The van der Waals surface area contributed by atoms with Crippen molar-refractivity contribution in [2.45, 2.75) is 58.7 Å². The first kappa shape index (κ1) is 23.1. The van der Waals surface area contributed by atoms with Crippen LogP contribution in [0.2, 0.25) is 5.02 Å². The first-order valence-corrected chi connectivity index (χ1v) is 11.4. The summed E-state index contributed by atoms with van der Waals surface area (Å²) < 4.78 is 1.67. The molecule has 1 aliphatic rings. The lowest BCUT2D eigenvalue weighted by Gasteiger charge is -2.43. The van der Waals surface area contributed by atoms with E-state index in [1.807, 2.05) is 43.3 Å². The van der Waals surface area contributed by atoms with Crippen LogP contribution < -0.4 is 10.2 Å². The minimum Gasteiger partial charge on any atom is -0.350 e. The van der Waals surface area contributed by atoms with Crippen LogP contribution in [-0.2, 0) is 23.3 Å². The van der Waals surface area contributed by atoms with Gasteiger partial charge in [0.25, 0.3) is 5.91 Å². The fourth-order valence-electron chi connectivity index (χ4n) is 4.16. The summed E-state index contributed by atoms with van der Waals surface area (Å²) in [4.78, 5) is 29.1. The lowest BCUT2D eigenvalue weighted by Crippen LogP contribution is -2.64. The number of carbonyl (C=O) groups is 2. The SMILES string of the molecule is Cc1cc(Cl)ccc1N1C(=O)c2cc(C(C)(C)C)nn2C[C@@]1(C)C(=O)NCc1ccccc1. The largest absolute Gasteiger partial charge is 0.350 e. The van der Waals surface area contributed by atoms with Crippen LogP contribution in [0.15, 0.2) is 54.6 Å². The molecule has 2 amide bonds. The van der Waals surface area contributed by atoms with Crippen molar-refractivity contribution < 1.29 is 9.59 Å². The van der Waals surface area contributed by atoms with E-state index in [9.17, 15) is 9.59 Å². The van der Waals surface area contributed by atoms with E-state index in [-0.39, 0.29) is 23.8 Å². The summed E-state index contributed by atoms with van der Waals surface area (Å²) in [6.07, 6.45) is 0. The summed E-state index contributed by atoms with van der Waals surface area (Å²) in [5.41, 5.74) is 2.35. The van der Waals surface area contributed by atoms with Gasteiger partial charge in [-0.3, -0.25) is 19.2 Å². The van der Waals surface area contributed by atoms with Gasteiger partial charge in [-0.1, -0.05) is 62.7 Å². The van der Waals surface area contributed by atoms with Crippen LogP contribution in [0, 0.1) is 6.92 Å². The molecule has 3 aromatic rings. The normalized spacial score (nSPS) is 18.2. The van der Waals surface area contributed by atoms with E-state index < -0.39 is 5.54 Å². The number of benzene rings is 2.